The maximum Gasteiger partial charge on any atom is 0.250 e. The van der Waals surface area contributed by atoms with Crippen LogP contribution in [0.15, 0.2) is 29.2 Å². The third kappa shape index (κ3) is 3.64. The zero-order chi connectivity index (χ0) is 16.5. The van der Waals surface area contributed by atoms with Crippen LogP contribution in [0.25, 0.3) is 0 Å². The molecule has 1 amide bonds. The van der Waals surface area contributed by atoms with Gasteiger partial charge in [0.15, 0.2) is 0 Å². The van der Waals surface area contributed by atoms with Crippen LogP contribution >= 0.6 is 0 Å². The van der Waals surface area contributed by atoms with E-state index in [0.717, 1.165) is 12.8 Å². The van der Waals surface area contributed by atoms with Crippen LogP contribution in [0.5, 0.6) is 0 Å². The molecule has 2 saturated heterocycles. The molecule has 1 atom stereocenters. The lowest BCUT2D eigenvalue weighted by Gasteiger charge is -2.48. The number of hydrogen-bond donors (Lipinski definition) is 1. The van der Waals surface area contributed by atoms with Gasteiger partial charge in [-0.1, -0.05) is 6.07 Å². The highest BCUT2D eigenvalue weighted by atomic mass is 16.5. The van der Waals surface area contributed by atoms with Crippen molar-refractivity contribution >= 4 is 5.91 Å². The van der Waals surface area contributed by atoms with E-state index >= 15 is 0 Å². The molecule has 1 aromatic heterocycles. The van der Waals surface area contributed by atoms with Gasteiger partial charge in [-0.15, -0.1) is 0 Å². The Morgan fingerprint density at radius 3 is 2.70 bits per heavy atom. The molecule has 0 radical (unpaired) electrons. The number of piperidine rings is 1. The van der Waals surface area contributed by atoms with Crippen molar-refractivity contribution in [2.75, 3.05) is 19.7 Å². The number of likely N-dealkylation sites (tertiary alicyclic amines) is 1. The molecule has 3 heterocycles. The van der Waals surface area contributed by atoms with Crippen LogP contribution in [0.2, 0.25) is 0 Å². The topological polar surface area (TPSA) is 71.8 Å². The molecule has 126 valence electrons. The third-order valence-corrected chi connectivity index (χ3v) is 4.98. The number of nitrogens with zero attached hydrogens (tertiary/aromatic N) is 2. The van der Waals surface area contributed by atoms with Gasteiger partial charge >= 0.3 is 0 Å². The molecule has 3 rings (SSSR count). The first-order valence-electron chi connectivity index (χ1n) is 8.19. The SMILES string of the molecule is CC1(O)CCOC2(CCN(C(=O)Cn3ccccc3=O)CC2)C1. The normalized spacial score (nSPS) is 27.1. The number of amides is 1. The van der Waals surface area contributed by atoms with Crippen LogP contribution in [0.4, 0.5) is 0 Å². The minimum Gasteiger partial charge on any atom is -0.390 e. The van der Waals surface area contributed by atoms with E-state index in [4.69, 9.17) is 4.74 Å². The minimum absolute atomic E-state index is 0.0456. The van der Waals surface area contributed by atoms with Crippen LogP contribution in [0, 0.1) is 0 Å². The molecule has 0 aliphatic carbocycles. The lowest BCUT2D eigenvalue weighted by atomic mass is 9.78. The monoisotopic (exact) mass is 320 g/mol. The Kier molecular flexibility index (Phi) is 4.29. The summed E-state index contributed by atoms with van der Waals surface area (Å²) in [6.07, 6.45) is 4.39. The lowest BCUT2D eigenvalue weighted by Crippen LogP contribution is -2.54. The summed E-state index contributed by atoms with van der Waals surface area (Å²) in [6.45, 7) is 3.72. The first-order chi connectivity index (χ1) is 10.9. The second kappa shape index (κ2) is 6.09. The average Bonchev–Trinajstić information content (AvgIpc) is 2.49. The maximum atomic E-state index is 12.4. The zero-order valence-corrected chi connectivity index (χ0v) is 13.5. The summed E-state index contributed by atoms with van der Waals surface area (Å²) in [6, 6.07) is 4.87. The Morgan fingerprint density at radius 2 is 2.04 bits per heavy atom. The molecule has 23 heavy (non-hydrogen) atoms. The van der Waals surface area contributed by atoms with Crippen molar-refractivity contribution in [1.29, 1.82) is 0 Å². The molecule has 1 unspecified atom stereocenters. The third-order valence-electron chi connectivity index (χ3n) is 4.98. The van der Waals surface area contributed by atoms with E-state index in [-0.39, 0.29) is 23.6 Å². The smallest absolute Gasteiger partial charge is 0.250 e. The lowest BCUT2D eigenvalue weighted by molar-refractivity contribution is -0.175. The molecule has 6 heteroatoms. The summed E-state index contributed by atoms with van der Waals surface area (Å²) >= 11 is 0. The fourth-order valence-corrected chi connectivity index (χ4v) is 3.64. The van der Waals surface area contributed by atoms with E-state index in [1.165, 1.54) is 10.6 Å². The van der Waals surface area contributed by atoms with E-state index in [2.05, 4.69) is 0 Å². The molecule has 1 N–H and O–H groups in total. The summed E-state index contributed by atoms with van der Waals surface area (Å²) in [7, 11) is 0. The van der Waals surface area contributed by atoms with Gasteiger partial charge in [-0.25, -0.2) is 0 Å². The number of pyridine rings is 1. The molecule has 1 aromatic rings. The maximum absolute atomic E-state index is 12.4. The molecule has 0 saturated carbocycles. The quantitative estimate of drug-likeness (QED) is 0.874. The van der Waals surface area contributed by atoms with Crippen molar-refractivity contribution in [1.82, 2.24) is 9.47 Å². The van der Waals surface area contributed by atoms with Gasteiger partial charge < -0.3 is 19.3 Å². The van der Waals surface area contributed by atoms with Crippen LogP contribution in [0.3, 0.4) is 0 Å². The molecule has 2 aliphatic rings. The Labute approximate surface area is 135 Å². The van der Waals surface area contributed by atoms with Gasteiger partial charge in [0.2, 0.25) is 5.91 Å². The highest BCUT2D eigenvalue weighted by Gasteiger charge is 2.44. The second-order valence-corrected chi connectivity index (χ2v) is 7.00. The first kappa shape index (κ1) is 16.2. The van der Waals surface area contributed by atoms with Gasteiger partial charge in [0.05, 0.1) is 17.8 Å². The fourth-order valence-electron chi connectivity index (χ4n) is 3.64. The summed E-state index contributed by atoms with van der Waals surface area (Å²) in [5.74, 6) is -0.0456. The van der Waals surface area contributed by atoms with Crippen LogP contribution in [-0.2, 0) is 16.1 Å². The molecular formula is C17H24N2O4. The van der Waals surface area contributed by atoms with Crippen LogP contribution < -0.4 is 5.56 Å². The van der Waals surface area contributed by atoms with Gasteiger partial charge in [0.25, 0.3) is 5.56 Å². The van der Waals surface area contributed by atoms with Crippen molar-refractivity contribution in [3.05, 3.63) is 34.7 Å². The molecule has 0 aromatic carbocycles. The number of carbonyl (C=O) groups is 1. The summed E-state index contributed by atoms with van der Waals surface area (Å²) in [5, 5.41) is 10.3. The predicted octanol–water partition coefficient (Wildman–Crippen LogP) is 0.771. The highest BCUT2D eigenvalue weighted by molar-refractivity contribution is 5.76. The first-order valence-corrected chi connectivity index (χ1v) is 8.19. The highest BCUT2D eigenvalue weighted by Crippen LogP contribution is 2.39. The number of rotatable bonds is 2. The van der Waals surface area contributed by atoms with Gasteiger partial charge in [0, 0.05) is 31.8 Å². The average molecular weight is 320 g/mol. The molecule has 0 bridgehead atoms. The Hall–Kier alpha value is -1.66. The minimum atomic E-state index is -0.679. The Bertz CT molecular complexity index is 629. The number of aliphatic hydroxyl groups is 1. The van der Waals surface area contributed by atoms with Crippen molar-refractivity contribution in [3.8, 4) is 0 Å². The van der Waals surface area contributed by atoms with E-state index in [1.54, 1.807) is 23.2 Å². The van der Waals surface area contributed by atoms with Crippen molar-refractivity contribution in [2.45, 2.75) is 50.4 Å². The van der Waals surface area contributed by atoms with Crippen molar-refractivity contribution < 1.29 is 14.6 Å². The van der Waals surface area contributed by atoms with Crippen LogP contribution in [-0.4, -0.2) is 51.4 Å². The standard InChI is InChI=1S/C17H24N2O4/c1-16(22)7-11-23-17(13-16)5-9-18(10-6-17)15(21)12-19-8-3-2-4-14(19)20/h2-4,8,22H,5-7,9-13H2,1H3. The second-order valence-electron chi connectivity index (χ2n) is 7.00. The Balaban J connectivity index is 1.59. The van der Waals surface area contributed by atoms with Gasteiger partial charge in [-0.05, 0) is 32.3 Å². The predicted molar refractivity (Wildman–Crippen MR) is 85.1 cm³/mol. The summed E-state index contributed by atoms with van der Waals surface area (Å²) in [4.78, 5) is 25.9. The number of aromatic nitrogens is 1. The summed E-state index contributed by atoms with van der Waals surface area (Å²) in [5.41, 5.74) is -1.15. The van der Waals surface area contributed by atoms with E-state index in [1.807, 2.05) is 6.92 Å². The molecule has 2 fully saturated rings. The Morgan fingerprint density at radius 1 is 1.30 bits per heavy atom. The van der Waals surface area contributed by atoms with Gasteiger partial charge in [-0.3, -0.25) is 9.59 Å². The fraction of sp³-hybridized carbons (Fsp3) is 0.647. The zero-order valence-electron chi connectivity index (χ0n) is 13.5. The largest absolute Gasteiger partial charge is 0.390 e. The van der Waals surface area contributed by atoms with Gasteiger partial charge in [-0.2, -0.15) is 0 Å². The number of ether oxygens (including phenoxy) is 1. The van der Waals surface area contributed by atoms with Gasteiger partial charge in [0.1, 0.15) is 6.54 Å². The van der Waals surface area contributed by atoms with E-state index in [9.17, 15) is 14.7 Å². The summed E-state index contributed by atoms with van der Waals surface area (Å²) < 4.78 is 7.38. The molecular weight excluding hydrogens is 296 g/mol. The molecule has 2 aliphatic heterocycles. The van der Waals surface area contributed by atoms with Crippen molar-refractivity contribution in [2.24, 2.45) is 0 Å². The van der Waals surface area contributed by atoms with E-state index < -0.39 is 5.60 Å². The number of hydrogen-bond acceptors (Lipinski definition) is 4. The van der Waals surface area contributed by atoms with E-state index in [0.29, 0.717) is 32.5 Å². The molecule has 1 spiro atoms. The van der Waals surface area contributed by atoms with Crippen LogP contribution in [0.1, 0.15) is 32.6 Å². The van der Waals surface area contributed by atoms with Crippen molar-refractivity contribution in [3.63, 3.8) is 0 Å². The number of carbonyl (C=O) groups excluding carboxylic acids is 1. The molecule has 6 nitrogen and oxygen atoms in total.